The average molecular weight is 286 g/mol. The van der Waals surface area contributed by atoms with Crippen molar-refractivity contribution in [2.24, 2.45) is 7.05 Å². The van der Waals surface area contributed by atoms with Crippen LogP contribution in [0.5, 0.6) is 0 Å². The second-order valence-corrected chi connectivity index (χ2v) is 6.29. The van der Waals surface area contributed by atoms with E-state index in [1.54, 1.807) is 18.4 Å². The van der Waals surface area contributed by atoms with Crippen LogP contribution in [-0.2, 0) is 23.5 Å². The third kappa shape index (κ3) is 2.71. The standard InChI is InChI=1S/C10H14N4O2S2/c1-14-7-12-9(11)10(14)18(15,16)13-4-2-8-3-5-17-6-8/h3,5-7,13H,2,4,11H2,1H3. The Bertz CT molecular complexity index is 597. The molecule has 0 saturated carbocycles. The smallest absolute Gasteiger partial charge is 0.260 e. The van der Waals surface area contributed by atoms with Gasteiger partial charge < -0.3 is 10.3 Å². The number of imidazole rings is 1. The maximum absolute atomic E-state index is 12.0. The molecule has 0 unspecified atom stereocenters. The minimum Gasteiger partial charge on any atom is -0.381 e. The van der Waals surface area contributed by atoms with E-state index in [-0.39, 0.29) is 10.8 Å². The van der Waals surface area contributed by atoms with Gasteiger partial charge in [0.25, 0.3) is 10.0 Å². The number of thiophene rings is 1. The molecule has 0 spiro atoms. The van der Waals surface area contributed by atoms with Crippen molar-refractivity contribution >= 4 is 27.2 Å². The molecule has 6 nitrogen and oxygen atoms in total. The molecule has 0 saturated heterocycles. The molecule has 2 aromatic rings. The maximum Gasteiger partial charge on any atom is 0.260 e. The maximum atomic E-state index is 12.0. The molecular weight excluding hydrogens is 272 g/mol. The molecule has 3 N–H and O–H groups in total. The Kier molecular flexibility index (Phi) is 3.69. The minimum atomic E-state index is -3.60. The fourth-order valence-electron chi connectivity index (χ4n) is 1.60. The Hall–Kier alpha value is -1.38. The van der Waals surface area contributed by atoms with E-state index in [0.29, 0.717) is 13.0 Å². The van der Waals surface area contributed by atoms with Crippen LogP contribution in [0.15, 0.2) is 28.2 Å². The van der Waals surface area contributed by atoms with E-state index in [2.05, 4.69) is 9.71 Å². The number of hydrogen-bond donors (Lipinski definition) is 2. The molecule has 2 rings (SSSR count). The van der Waals surface area contributed by atoms with Gasteiger partial charge in [-0.15, -0.1) is 0 Å². The molecule has 0 aliphatic rings. The Labute approximate surface area is 110 Å². The van der Waals surface area contributed by atoms with E-state index in [1.807, 2.05) is 16.8 Å². The summed E-state index contributed by atoms with van der Waals surface area (Å²) in [4.78, 5) is 3.76. The SMILES string of the molecule is Cn1cnc(N)c1S(=O)(=O)NCCc1ccsc1. The Morgan fingerprint density at radius 3 is 2.89 bits per heavy atom. The highest BCUT2D eigenvalue weighted by Gasteiger charge is 2.21. The summed E-state index contributed by atoms with van der Waals surface area (Å²) in [5.41, 5.74) is 6.66. The van der Waals surface area contributed by atoms with Crippen molar-refractivity contribution in [3.8, 4) is 0 Å². The first-order valence-electron chi connectivity index (χ1n) is 5.28. The molecule has 8 heteroatoms. The second kappa shape index (κ2) is 5.09. The van der Waals surface area contributed by atoms with Gasteiger partial charge >= 0.3 is 0 Å². The van der Waals surface area contributed by atoms with E-state index < -0.39 is 10.0 Å². The molecule has 98 valence electrons. The fraction of sp³-hybridized carbons (Fsp3) is 0.300. The summed E-state index contributed by atoms with van der Waals surface area (Å²) in [5.74, 6) is 0.0144. The van der Waals surface area contributed by atoms with Gasteiger partial charge in [0.2, 0.25) is 0 Å². The Balaban J connectivity index is 2.04. The fourth-order valence-corrected chi connectivity index (χ4v) is 3.56. The quantitative estimate of drug-likeness (QED) is 0.841. The third-order valence-electron chi connectivity index (χ3n) is 2.45. The number of aryl methyl sites for hydroxylation is 1. The van der Waals surface area contributed by atoms with E-state index in [9.17, 15) is 8.42 Å². The number of nitrogens with one attached hydrogen (secondary N) is 1. The third-order valence-corrected chi connectivity index (χ3v) is 4.77. The largest absolute Gasteiger partial charge is 0.381 e. The first kappa shape index (κ1) is 13.1. The van der Waals surface area contributed by atoms with Gasteiger partial charge in [0.15, 0.2) is 10.8 Å². The number of anilines is 1. The van der Waals surface area contributed by atoms with Crippen LogP contribution in [0.3, 0.4) is 0 Å². The lowest BCUT2D eigenvalue weighted by atomic mass is 10.2. The summed E-state index contributed by atoms with van der Waals surface area (Å²) >= 11 is 1.59. The van der Waals surface area contributed by atoms with Crippen molar-refractivity contribution in [2.75, 3.05) is 12.3 Å². The molecular formula is C10H14N4O2S2. The van der Waals surface area contributed by atoms with Gasteiger partial charge in [0, 0.05) is 13.6 Å². The van der Waals surface area contributed by atoms with Gasteiger partial charge in [-0.25, -0.2) is 18.1 Å². The van der Waals surface area contributed by atoms with E-state index in [4.69, 9.17) is 5.73 Å². The zero-order valence-corrected chi connectivity index (χ0v) is 11.5. The molecule has 0 amide bonds. The average Bonchev–Trinajstić information content (AvgIpc) is 2.89. The summed E-state index contributed by atoms with van der Waals surface area (Å²) in [7, 11) is -2.01. The number of sulfonamides is 1. The van der Waals surface area contributed by atoms with Gasteiger partial charge in [-0.2, -0.15) is 11.3 Å². The van der Waals surface area contributed by atoms with Crippen molar-refractivity contribution < 1.29 is 8.42 Å². The number of nitrogens with zero attached hydrogens (tertiary/aromatic N) is 2. The lowest BCUT2D eigenvalue weighted by Crippen LogP contribution is -2.28. The first-order chi connectivity index (χ1) is 8.50. The van der Waals surface area contributed by atoms with Crippen LogP contribution in [0.2, 0.25) is 0 Å². The normalized spacial score (nSPS) is 11.8. The number of nitrogen functional groups attached to an aromatic ring is 1. The molecule has 0 aromatic carbocycles. The molecule has 0 bridgehead atoms. The van der Waals surface area contributed by atoms with Gasteiger partial charge in [-0.05, 0) is 28.8 Å². The van der Waals surface area contributed by atoms with Crippen molar-refractivity contribution in [1.29, 1.82) is 0 Å². The number of rotatable bonds is 5. The predicted molar refractivity (Wildman–Crippen MR) is 70.8 cm³/mol. The topological polar surface area (TPSA) is 90.0 Å². The van der Waals surface area contributed by atoms with Crippen LogP contribution in [0.25, 0.3) is 0 Å². The highest BCUT2D eigenvalue weighted by atomic mass is 32.2. The molecule has 0 radical (unpaired) electrons. The monoisotopic (exact) mass is 286 g/mol. The molecule has 2 heterocycles. The molecule has 0 atom stereocenters. The lowest BCUT2D eigenvalue weighted by molar-refractivity contribution is 0.572. The molecule has 2 aromatic heterocycles. The summed E-state index contributed by atoms with van der Waals surface area (Å²) in [6.45, 7) is 0.337. The van der Waals surface area contributed by atoms with Crippen LogP contribution < -0.4 is 10.5 Å². The predicted octanol–water partition coefficient (Wildman–Crippen LogP) is 0.585. The minimum absolute atomic E-state index is 0.00724. The summed E-state index contributed by atoms with van der Waals surface area (Å²) in [6, 6.07) is 1.97. The Morgan fingerprint density at radius 1 is 1.56 bits per heavy atom. The lowest BCUT2D eigenvalue weighted by Gasteiger charge is -2.07. The van der Waals surface area contributed by atoms with Gasteiger partial charge in [0.05, 0.1) is 6.33 Å². The summed E-state index contributed by atoms with van der Waals surface area (Å²) < 4.78 is 27.9. The van der Waals surface area contributed by atoms with Crippen molar-refractivity contribution in [3.63, 3.8) is 0 Å². The van der Waals surface area contributed by atoms with Gasteiger partial charge in [-0.1, -0.05) is 0 Å². The molecule has 18 heavy (non-hydrogen) atoms. The van der Waals surface area contributed by atoms with Crippen LogP contribution in [0, 0.1) is 0 Å². The van der Waals surface area contributed by atoms with Gasteiger partial charge in [-0.3, -0.25) is 0 Å². The van der Waals surface area contributed by atoms with Gasteiger partial charge in [0.1, 0.15) is 0 Å². The zero-order valence-electron chi connectivity index (χ0n) is 9.83. The second-order valence-electron chi connectivity index (χ2n) is 3.83. The first-order valence-corrected chi connectivity index (χ1v) is 7.71. The molecule has 0 aliphatic carbocycles. The summed E-state index contributed by atoms with van der Waals surface area (Å²) in [6.07, 6.45) is 2.03. The zero-order chi connectivity index (χ0) is 13.2. The van der Waals surface area contributed by atoms with Crippen LogP contribution in [-0.4, -0.2) is 24.5 Å². The van der Waals surface area contributed by atoms with E-state index in [0.717, 1.165) is 5.56 Å². The van der Waals surface area contributed by atoms with Crippen LogP contribution in [0.4, 0.5) is 5.82 Å². The van der Waals surface area contributed by atoms with Crippen molar-refractivity contribution in [2.45, 2.75) is 11.4 Å². The summed E-state index contributed by atoms with van der Waals surface area (Å²) in [5, 5.41) is 3.96. The number of aromatic nitrogens is 2. The van der Waals surface area contributed by atoms with Crippen molar-refractivity contribution in [1.82, 2.24) is 14.3 Å². The molecule has 0 aliphatic heterocycles. The highest BCUT2D eigenvalue weighted by molar-refractivity contribution is 7.89. The van der Waals surface area contributed by atoms with E-state index in [1.165, 1.54) is 10.9 Å². The highest BCUT2D eigenvalue weighted by Crippen LogP contribution is 2.15. The number of hydrogen-bond acceptors (Lipinski definition) is 5. The van der Waals surface area contributed by atoms with E-state index >= 15 is 0 Å². The number of nitrogens with two attached hydrogens (primary N) is 1. The molecule has 0 fully saturated rings. The van der Waals surface area contributed by atoms with Crippen LogP contribution >= 0.6 is 11.3 Å². The van der Waals surface area contributed by atoms with Crippen molar-refractivity contribution in [3.05, 3.63) is 28.7 Å². The van der Waals surface area contributed by atoms with Crippen LogP contribution in [0.1, 0.15) is 5.56 Å². The Morgan fingerprint density at radius 2 is 2.33 bits per heavy atom.